The summed E-state index contributed by atoms with van der Waals surface area (Å²) < 4.78 is 14.2. The first-order chi connectivity index (χ1) is 9.16. The van der Waals surface area contributed by atoms with Crippen LogP contribution in [0.2, 0.25) is 0 Å². The Bertz CT molecular complexity index is 447. The van der Waals surface area contributed by atoms with E-state index in [9.17, 15) is 9.18 Å². The van der Waals surface area contributed by atoms with Gasteiger partial charge in [0.25, 0.3) is 5.91 Å². The van der Waals surface area contributed by atoms with Crippen molar-refractivity contribution in [2.75, 3.05) is 26.2 Å². The molecule has 1 aromatic carbocycles. The normalized spacial score (nSPS) is 15.7. The van der Waals surface area contributed by atoms with Crippen LogP contribution >= 0.6 is 15.9 Å². The van der Waals surface area contributed by atoms with Crippen molar-refractivity contribution in [1.29, 1.82) is 0 Å². The van der Waals surface area contributed by atoms with Crippen molar-refractivity contribution in [2.24, 2.45) is 0 Å². The molecule has 1 amide bonds. The van der Waals surface area contributed by atoms with E-state index in [1.165, 1.54) is 25.0 Å². The van der Waals surface area contributed by atoms with Gasteiger partial charge in [0.05, 0.1) is 5.56 Å². The highest BCUT2D eigenvalue weighted by Gasteiger charge is 2.13. The molecular weight excluding hydrogens is 311 g/mol. The van der Waals surface area contributed by atoms with Crippen molar-refractivity contribution in [3.63, 3.8) is 0 Å². The Kier molecular flexibility index (Phi) is 5.34. The average Bonchev–Trinajstić information content (AvgIpc) is 2.90. The first-order valence-corrected chi connectivity index (χ1v) is 7.42. The van der Waals surface area contributed by atoms with Crippen molar-refractivity contribution in [1.82, 2.24) is 10.2 Å². The zero-order chi connectivity index (χ0) is 13.7. The predicted octanol–water partition coefficient (Wildman–Crippen LogP) is 2.80. The summed E-state index contributed by atoms with van der Waals surface area (Å²) in [5.41, 5.74) is 0.0931. The van der Waals surface area contributed by atoms with Crippen LogP contribution in [0, 0.1) is 5.82 Å². The molecular formula is C14H18BrFN2O. The quantitative estimate of drug-likeness (QED) is 0.843. The van der Waals surface area contributed by atoms with Gasteiger partial charge in [-0.05, 0) is 57.1 Å². The van der Waals surface area contributed by atoms with Gasteiger partial charge in [0.15, 0.2) is 0 Å². The number of nitrogens with zero attached hydrogens (tertiary/aromatic N) is 1. The Morgan fingerprint density at radius 3 is 2.84 bits per heavy atom. The van der Waals surface area contributed by atoms with E-state index in [0.29, 0.717) is 11.0 Å². The van der Waals surface area contributed by atoms with Gasteiger partial charge in [-0.2, -0.15) is 0 Å². The lowest BCUT2D eigenvalue weighted by molar-refractivity contribution is 0.0948. The second-order valence-corrected chi connectivity index (χ2v) is 5.70. The van der Waals surface area contributed by atoms with Crippen molar-refractivity contribution in [3.8, 4) is 0 Å². The molecule has 0 aliphatic carbocycles. The topological polar surface area (TPSA) is 32.3 Å². The van der Waals surface area contributed by atoms with Crippen molar-refractivity contribution >= 4 is 21.8 Å². The van der Waals surface area contributed by atoms with Crippen LogP contribution in [0.1, 0.15) is 29.6 Å². The standard InChI is InChI=1S/C14H18BrFN2O/c15-11-4-5-13(16)12(10-11)14(19)17-6-3-9-18-7-1-2-8-18/h4-5,10H,1-3,6-9H2,(H,17,19). The van der Waals surface area contributed by atoms with E-state index in [0.717, 1.165) is 26.1 Å². The Morgan fingerprint density at radius 2 is 2.11 bits per heavy atom. The number of nitrogens with one attached hydrogen (secondary N) is 1. The van der Waals surface area contributed by atoms with Gasteiger partial charge >= 0.3 is 0 Å². The molecule has 19 heavy (non-hydrogen) atoms. The summed E-state index contributed by atoms with van der Waals surface area (Å²) in [5, 5.41) is 2.76. The molecule has 3 nitrogen and oxygen atoms in total. The molecule has 0 radical (unpaired) electrons. The van der Waals surface area contributed by atoms with Gasteiger partial charge in [-0.25, -0.2) is 4.39 Å². The summed E-state index contributed by atoms with van der Waals surface area (Å²) in [4.78, 5) is 14.2. The maximum atomic E-state index is 13.5. The van der Waals surface area contributed by atoms with Gasteiger partial charge < -0.3 is 10.2 Å². The van der Waals surface area contributed by atoms with Crippen molar-refractivity contribution < 1.29 is 9.18 Å². The highest BCUT2D eigenvalue weighted by Crippen LogP contribution is 2.15. The Morgan fingerprint density at radius 1 is 1.37 bits per heavy atom. The molecule has 1 N–H and O–H groups in total. The van der Waals surface area contributed by atoms with Gasteiger partial charge in [0.1, 0.15) is 5.82 Å². The smallest absolute Gasteiger partial charge is 0.254 e. The second kappa shape index (κ2) is 7.01. The lowest BCUT2D eigenvalue weighted by Crippen LogP contribution is -2.29. The third kappa shape index (κ3) is 4.28. The highest BCUT2D eigenvalue weighted by molar-refractivity contribution is 9.10. The minimum absolute atomic E-state index is 0.0931. The van der Waals surface area contributed by atoms with Crippen LogP contribution in [0.3, 0.4) is 0 Å². The van der Waals surface area contributed by atoms with Gasteiger partial charge in [0.2, 0.25) is 0 Å². The molecule has 1 heterocycles. The number of carbonyl (C=O) groups excluding carboxylic acids is 1. The van der Waals surface area contributed by atoms with Crippen LogP contribution in [0.25, 0.3) is 0 Å². The van der Waals surface area contributed by atoms with Gasteiger partial charge in [-0.15, -0.1) is 0 Å². The monoisotopic (exact) mass is 328 g/mol. The molecule has 0 aromatic heterocycles. The minimum Gasteiger partial charge on any atom is -0.352 e. The Labute approximate surface area is 121 Å². The summed E-state index contributed by atoms with van der Waals surface area (Å²) in [7, 11) is 0. The first kappa shape index (κ1) is 14.5. The summed E-state index contributed by atoms with van der Waals surface area (Å²) in [5.74, 6) is -0.833. The molecule has 2 rings (SSSR count). The third-order valence-corrected chi connectivity index (χ3v) is 3.80. The number of hydrogen-bond acceptors (Lipinski definition) is 2. The van der Waals surface area contributed by atoms with E-state index >= 15 is 0 Å². The van der Waals surface area contributed by atoms with Crippen LogP contribution in [-0.2, 0) is 0 Å². The second-order valence-electron chi connectivity index (χ2n) is 4.78. The third-order valence-electron chi connectivity index (χ3n) is 3.31. The number of rotatable bonds is 5. The van der Waals surface area contributed by atoms with Crippen LogP contribution in [-0.4, -0.2) is 37.0 Å². The van der Waals surface area contributed by atoms with Crippen LogP contribution < -0.4 is 5.32 Å². The Hall–Kier alpha value is -0.940. The molecule has 0 atom stereocenters. The van der Waals surface area contributed by atoms with Crippen LogP contribution in [0.4, 0.5) is 4.39 Å². The lowest BCUT2D eigenvalue weighted by Gasteiger charge is -2.14. The molecule has 0 spiro atoms. The maximum absolute atomic E-state index is 13.5. The fourth-order valence-corrected chi connectivity index (χ4v) is 2.64. The predicted molar refractivity (Wildman–Crippen MR) is 76.7 cm³/mol. The van der Waals surface area contributed by atoms with Crippen LogP contribution in [0.5, 0.6) is 0 Å². The Balaban J connectivity index is 1.75. The maximum Gasteiger partial charge on any atom is 0.254 e. The van der Waals surface area contributed by atoms with E-state index < -0.39 is 5.82 Å². The summed E-state index contributed by atoms with van der Waals surface area (Å²) in [6.07, 6.45) is 3.45. The molecule has 0 unspecified atom stereocenters. The highest BCUT2D eigenvalue weighted by atomic mass is 79.9. The summed E-state index contributed by atoms with van der Waals surface area (Å²) in [6.45, 7) is 3.91. The zero-order valence-electron chi connectivity index (χ0n) is 10.8. The fourth-order valence-electron chi connectivity index (χ4n) is 2.28. The number of hydrogen-bond donors (Lipinski definition) is 1. The number of halogens is 2. The first-order valence-electron chi connectivity index (χ1n) is 6.62. The van der Waals surface area contributed by atoms with E-state index in [4.69, 9.17) is 0 Å². The van der Waals surface area contributed by atoms with Crippen molar-refractivity contribution in [3.05, 3.63) is 34.1 Å². The molecule has 5 heteroatoms. The largest absolute Gasteiger partial charge is 0.352 e. The van der Waals surface area contributed by atoms with Gasteiger partial charge in [-0.3, -0.25) is 4.79 Å². The van der Waals surface area contributed by atoms with E-state index in [1.54, 1.807) is 6.07 Å². The summed E-state index contributed by atoms with van der Waals surface area (Å²) >= 11 is 3.24. The lowest BCUT2D eigenvalue weighted by atomic mass is 10.2. The number of likely N-dealkylation sites (tertiary alicyclic amines) is 1. The minimum atomic E-state index is -0.486. The molecule has 1 aliphatic rings. The summed E-state index contributed by atoms with van der Waals surface area (Å²) in [6, 6.07) is 4.38. The number of carbonyl (C=O) groups is 1. The average molecular weight is 329 g/mol. The molecule has 1 aromatic rings. The number of benzene rings is 1. The van der Waals surface area contributed by atoms with E-state index in [1.807, 2.05) is 0 Å². The van der Waals surface area contributed by atoms with Crippen LogP contribution in [0.15, 0.2) is 22.7 Å². The zero-order valence-corrected chi connectivity index (χ0v) is 12.4. The molecule has 1 fully saturated rings. The number of amides is 1. The van der Waals surface area contributed by atoms with Gasteiger partial charge in [-0.1, -0.05) is 15.9 Å². The van der Waals surface area contributed by atoms with Gasteiger partial charge in [0, 0.05) is 11.0 Å². The van der Waals surface area contributed by atoms with E-state index in [2.05, 4.69) is 26.1 Å². The SMILES string of the molecule is O=C(NCCCN1CCCC1)c1cc(Br)ccc1F. The van der Waals surface area contributed by atoms with E-state index in [-0.39, 0.29) is 11.5 Å². The van der Waals surface area contributed by atoms with Crippen molar-refractivity contribution in [2.45, 2.75) is 19.3 Å². The molecule has 0 saturated carbocycles. The molecule has 0 bridgehead atoms. The molecule has 1 saturated heterocycles. The molecule has 104 valence electrons. The fraction of sp³-hybridized carbons (Fsp3) is 0.500. The molecule has 1 aliphatic heterocycles.